The molecular weight excluding hydrogens is 1400 g/mol. The minimum Gasteiger partial charge on any atom is -0.442 e. The van der Waals surface area contributed by atoms with Gasteiger partial charge in [0.25, 0.3) is 5.69 Å². The molecule has 6 aromatic rings. The van der Waals surface area contributed by atoms with E-state index in [0.29, 0.717) is 88.2 Å². The van der Waals surface area contributed by atoms with Gasteiger partial charge in [0.2, 0.25) is 0 Å². The number of oxime groups is 1. The van der Waals surface area contributed by atoms with Crippen molar-refractivity contribution in [2.24, 2.45) is 16.6 Å². The second-order valence-corrected chi connectivity index (χ2v) is 35.0. The summed E-state index contributed by atoms with van der Waals surface area (Å²) in [5.74, 6) is 9.45. The Hall–Kier alpha value is -5.48. The van der Waals surface area contributed by atoms with Crippen molar-refractivity contribution in [1.29, 1.82) is 0 Å². The molecule has 0 spiro atoms. The zero-order chi connectivity index (χ0) is 61.8. The van der Waals surface area contributed by atoms with Crippen LogP contribution in [0.25, 0.3) is 11.3 Å². The lowest BCUT2D eigenvalue weighted by molar-refractivity contribution is -0.384. The van der Waals surface area contributed by atoms with Crippen LogP contribution in [-0.2, 0) is 28.5 Å². The van der Waals surface area contributed by atoms with Crippen LogP contribution in [0.5, 0.6) is 0 Å². The molecule has 2 aliphatic rings. The molecule has 0 amide bonds. The van der Waals surface area contributed by atoms with Gasteiger partial charge in [-0.3, -0.25) is 20.1 Å². The van der Waals surface area contributed by atoms with Gasteiger partial charge in [-0.05, 0) is 108 Å². The normalized spacial score (nSPS) is 12.3. The third-order valence-corrected chi connectivity index (χ3v) is 16.3. The molecular formula is C48H55B4Br4ClN14O9SSi2. The van der Waals surface area contributed by atoms with Gasteiger partial charge in [0.1, 0.15) is 45.9 Å². The average molecular weight is 1460 g/mol. The van der Waals surface area contributed by atoms with Crippen LogP contribution in [0.4, 0.5) is 17.3 Å². The third kappa shape index (κ3) is 23.5. The quantitative estimate of drug-likeness (QED) is 0.0131. The van der Waals surface area contributed by atoms with E-state index in [1.165, 1.54) is 24.3 Å². The Morgan fingerprint density at radius 2 is 1.23 bits per heavy atom. The molecule has 0 aliphatic carbocycles. The molecule has 0 unspecified atom stereocenters. The predicted octanol–water partition coefficient (Wildman–Crippen LogP) is 5.92. The highest BCUT2D eigenvalue weighted by atomic mass is 79.9. The van der Waals surface area contributed by atoms with E-state index in [2.05, 4.69) is 177 Å². The third-order valence-electron chi connectivity index (χ3n) is 10.3. The first-order chi connectivity index (χ1) is 39.0. The number of aromatic nitrogens is 8. The number of hydrogen-bond acceptors (Lipinski definition) is 22. The molecule has 35 heteroatoms. The van der Waals surface area contributed by atoms with Crippen LogP contribution in [0.1, 0.15) is 36.5 Å². The highest BCUT2D eigenvalue weighted by Crippen LogP contribution is 2.23. The number of nitro benzene ring substituents is 1. The minimum absolute atomic E-state index is 0.00135. The molecule has 6 heterocycles. The van der Waals surface area contributed by atoms with Gasteiger partial charge in [0, 0.05) is 36.3 Å². The van der Waals surface area contributed by atoms with Gasteiger partial charge in [-0.25, -0.2) is 38.3 Å². The first kappa shape index (κ1) is 70.0. The number of hydrogen-bond donors (Lipinski definition) is 5. The lowest BCUT2D eigenvalue weighted by Crippen LogP contribution is -2.47. The number of benzene rings is 2. The summed E-state index contributed by atoms with van der Waals surface area (Å²) in [6, 6.07) is 11.9. The number of nitro groups is 1. The van der Waals surface area contributed by atoms with Gasteiger partial charge in [0.05, 0.1) is 70.2 Å². The van der Waals surface area contributed by atoms with E-state index in [1.807, 2.05) is 0 Å². The second-order valence-electron chi connectivity index (χ2n) is 19.4. The molecule has 0 atom stereocenters. The summed E-state index contributed by atoms with van der Waals surface area (Å²) < 4.78 is 48.7. The zero-order valence-electron chi connectivity index (χ0n) is 46.0. The monoisotopic (exact) mass is 1450 g/mol. The SMILES string of the molecule is C#Cc1nc(-c2ccc(S(=O)(=O)C(C)C)cc2)cnc1B(OCN)B1CO1.C[Si](C)(C)C#Cc1nc(Br)cnc1B(OCN)B1CO1.C[Si](C)(C)C#Cc1nc(Br)cnc1N.Nc1ncc(Br)nc1Br.O=[N+]([O-])c1ccc(/C(Cl)=N/O)cc1. The van der Waals surface area contributed by atoms with Crippen LogP contribution in [0.15, 0.2) is 102 Å². The fourth-order valence-electron chi connectivity index (χ4n) is 6.11. The highest BCUT2D eigenvalue weighted by Gasteiger charge is 2.47. The molecule has 2 aliphatic heterocycles. The van der Waals surface area contributed by atoms with Crippen LogP contribution < -0.4 is 34.1 Å². The number of anilines is 2. The van der Waals surface area contributed by atoms with Gasteiger partial charge >= 0.3 is 27.2 Å². The van der Waals surface area contributed by atoms with Crippen LogP contribution in [0.3, 0.4) is 0 Å². The van der Waals surface area contributed by atoms with Gasteiger partial charge in [-0.2, -0.15) is 0 Å². The van der Waals surface area contributed by atoms with E-state index in [4.69, 9.17) is 64.8 Å². The van der Waals surface area contributed by atoms with E-state index in [1.54, 1.807) is 62.9 Å². The summed E-state index contributed by atoms with van der Waals surface area (Å²) >= 11 is 18.3. The lowest BCUT2D eigenvalue weighted by atomic mass is 9.29. The smallest absolute Gasteiger partial charge is 0.350 e. The van der Waals surface area contributed by atoms with Crippen molar-refractivity contribution >= 4 is 162 Å². The highest BCUT2D eigenvalue weighted by molar-refractivity contribution is 9.11. The Bertz CT molecular complexity index is 3540. The van der Waals surface area contributed by atoms with Gasteiger partial charge < -0.3 is 46.8 Å². The number of sulfone groups is 1. The molecule has 0 saturated carbocycles. The predicted molar refractivity (Wildman–Crippen MR) is 346 cm³/mol. The van der Waals surface area contributed by atoms with Crippen molar-refractivity contribution in [2.75, 3.05) is 37.9 Å². The molecule has 0 radical (unpaired) electrons. The summed E-state index contributed by atoms with van der Waals surface area (Å²) in [4.78, 5) is 43.5. The molecule has 4 aromatic heterocycles. The lowest BCUT2D eigenvalue weighted by Gasteiger charge is -2.12. The van der Waals surface area contributed by atoms with E-state index >= 15 is 0 Å². The average Bonchev–Trinajstić information content (AvgIpc) is 4.51. The van der Waals surface area contributed by atoms with Gasteiger partial charge in [-0.15, -0.1) is 17.5 Å². The minimum atomic E-state index is -3.33. The molecule has 2 fully saturated rings. The summed E-state index contributed by atoms with van der Waals surface area (Å²) in [5.41, 5.74) is 32.9. The number of nitrogens with zero attached hydrogens (tertiary/aromatic N) is 10. The van der Waals surface area contributed by atoms with Crippen molar-refractivity contribution in [2.45, 2.75) is 63.3 Å². The first-order valence-electron chi connectivity index (χ1n) is 24.5. The maximum Gasteiger partial charge on any atom is 0.350 e. The van der Waals surface area contributed by atoms with E-state index in [0.717, 1.165) is 0 Å². The number of non-ortho nitro benzene ring substituents is 1. The molecule has 83 heavy (non-hydrogen) atoms. The Morgan fingerprint density at radius 3 is 1.66 bits per heavy atom. The van der Waals surface area contributed by atoms with Crippen molar-refractivity contribution in [3.05, 3.63) is 124 Å². The summed E-state index contributed by atoms with van der Waals surface area (Å²) in [5, 5.41) is 20.7. The summed E-state index contributed by atoms with van der Waals surface area (Å²) in [7, 11) is -6.19. The number of halogens is 5. The van der Waals surface area contributed by atoms with Crippen molar-refractivity contribution in [1.82, 2.24) is 39.9 Å². The second kappa shape index (κ2) is 32.7. The summed E-state index contributed by atoms with van der Waals surface area (Å²) in [6.45, 7) is 16.8. The van der Waals surface area contributed by atoms with E-state index in [9.17, 15) is 18.5 Å². The van der Waals surface area contributed by atoms with Crippen LogP contribution in [0.2, 0.25) is 39.3 Å². The van der Waals surface area contributed by atoms with E-state index in [-0.39, 0.29) is 49.6 Å². The molecule has 2 aromatic carbocycles. The molecule has 432 valence electrons. The fraction of sp³-hybridized carbons (Fsp3) is 0.271. The standard InChI is InChI=1S/C17H19B2N3O4S.C11H16B2BrN3O2Si.C9H12BrN3Si.C7H5ClN2O3.C4H3Br2N3/c1-4-15-17(19(26-11-20)18-10-25-18)21-9-16(22-15)13-5-7-14(8-6-13)27(23,24)12(2)3;1-20(2,3)5-4-9-11(16-6-10(14)17-9)13(19-8-15)12-7-18-12;1-14(2,3)5-4-7-9(11)12-6-8(10)13-7;8-7(9-11)5-1-3-6(4-2-5)10(12)13;5-2-1-8-4(7)3(6)9-2/h1,5-9,12H,10-11,20H2,2-3H3;6H,7-8,15H2,1-3H3;6H,1-3H3,(H2,11,12);1-4,11H;1H,(H2,7,8)/b;;;9-7-;. The molecule has 0 bridgehead atoms. The number of terminal acetylenes is 1. The van der Waals surface area contributed by atoms with Crippen LogP contribution in [0, 0.1) is 45.4 Å². The van der Waals surface area contributed by atoms with Gasteiger partial charge in [-0.1, -0.05) is 80.0 Å². The molecule has 8 rings (SSSR count). The topological polar surface area (TPSA) is 361 Å². The van der Waals surface area contributed by atoms with Crippen molar-refractivity contribution in [3.63, 3.8) is 0 Å². The Morgan fingerprint density at radius 1 is 0.771 bits per heavy atom. The maximum absolute atomic E-state index is 12.2. The number of nitrogens with two attached hydrogens (primary N) is 4. The van der Waals surface area contributed by atoms with Gasteiger partial charge in [0.15, 0.2) is 32.3 Å². The fourth-order valence-corrected chi connectivity index (χ4v) is 9.65. The largest absolute Gasteiger partial charge is 0.442 e. The summed E-state index contributed by atoms with van der Waals surface area (Å²) in [6.07, 6.45) is 11.9. The van der Waals surface area contributed by atoms with Crippen molar-refractivity contribution < 1.29 is 37.2 Å². The molecule has 9 N–H and O–H groups in total. The Balaban J connectivity index is 0.000000234. The number of rotatable bonds is 13. The number of nitrogen functional groups attached to an aromatic ring is 2. The molecule has 2 saturated heterocycles. The molecule has 23 nitrogen and oxygen atoms in total. The Kier molecular flexibility index (Phi) is 27.6. The Labute approximate surface area is 523 Å². The van der Waals surface area contributed by atoms with Crippen LogP contribution in [-0.4, -0.2) is 139 Å². The van der Waals surface area contributed by atoms with Crippen molar-refractivity contribution in [3.8, 4) is 46.5 Å². The maximum atomic E-state index is 12.2. The first-order valence-corrected chi connectivity index (χ1v) is 36.6. The zero-order valence-corrected chi connectivity index (χ0v) is 55.9. The van der Waals surface area contributed by atoms with Crippen LogP contribution >= 0.6 is 75.3 Å². The van der Waals surface area contributed by atoms with E-state index < -0.39 is 43.0 Å².